The molecule has 5 nitrogen and oxygen atoms in total. The summed E-state index contributed by atoms with van der Waals surface area (Å²) >= 11 is 0. The Bertz CT molecular complexity index is 591. The van der Waals surface area contributed by atoms with Gasteiger partial charge in [0.1, 0.15) is 6.54 Å². The first-order valence-corrected chi connectivity index (χ1v) is 6.74. The number of nitrogens with one attached hydrogen (secondary N) is 1. The van der Waals surface area contributed by atoms with Gasteiger partial charge in [0.05, 0.1) is 11.4 Å². The molecule has 0 saturated carbocycles. The number of aryl methyl sites for hydroxylation is 2. The van der Waals surface area contributed by atoms with E-state index in [1.807, 2.05) is 6.92 Å². The van der Waals surface area contributed by atoms with Gasteiger partial charge < -0.3 is 5.32 Å². The highest BCUT2D eigenvalue weighted by Gasteiger charge is 2.13. The summed E-state index contributed by atoms with van der Waals surface area (Å²) in [5.74, 6) is -0.342. The Kier molecular flexibility index (Phi) is 5.00. The van der Waals surface area contributed by atoms with E-state index >= 15 is 0 Å². The van der Waals surface area contributed by atoms with Crippen molar-refractivity contribution in [2.24, 2.45) is 0 Å². The SMILES string of the molecule is CCn1nc(C)c(CNCc2ccn(CC(F)F)n2)c1F. The second-order valence-electron chi connectivity index (χ2n) is 4.69. The van der Waals surface area contributed by atoms with Crippen LogP contribution in [0.1, 0.15) is 23.9 Å². The summed E-state index contributed by atoms with van der Waals surface area (Å²) in [4.78, 5) is 0. The van der Waals surface area contributed by atoms with Crippen molar-refractivity contribution < 1.29 is 13.2 Å². The maximum absolute atomic E-state index is 13.9. The molecule has 0 aliphatic carbocycles. The molecule has 0 aliphatic heterocycles. The molecule has 0 aromatic carbocycles. The topological polar surface area (TPSA) is 47.7 Å². The van der Waals surface area contributed by atoms with E-state index < -0.39 is 13.0 Å². The zero-order valence-electron chi connectivity index (χ0n) is 12.0. The molecule has 0 amide bonds. The van der Waals surface area contributed by atoms with Gasteiger partial charge in [0.15, 0.2) is 0 Å². The lowest BCUT2D eigenvalue weighted by atomic mass is 10.2. The molecular formula is C13H18F3N5. The summed E-state index contributed by atoms with van der Waals surface area (Å²) in [5, 5.41) is 11.1. The fourth-order valence-electron chi connectivity index (χ4n) is 2.06. The van der Waals surface area contributed by atoms with E-state index in [4.69, 9.17) is 0 Å². The van der Waals surface area contributed by atoms with Gasteiger partial charge in [-0.15, -0.1) is 0 Å². The average molecular weight is 301 g/mol. The third kappa shape index (κ3) is 3.84. The van der Waals surface area contributed by atoms with Gasteiger partial charge in [0.25, 0.3) is 6.43 Å². The predicted octanol–water partition coefficient (Wildman–Crippen LogP) is 2.10. The van der Waals surface area contributed by atoms with E-state index in [0.717, 1.165) is 0 Å². The van der Waals surface area contributed by atoms with Gasteiger partial charge >= 0.3 is 0 Å². The highest BCUT2D eigenvalue weighted by molar-refractivity contribution is 5.17. The van der Waals surface area contributed by atoms with Crippen LogP contribution in [0.5, 0.6) is 0 Å². The summed E-state index contributed by atoms with van der Waals surface area (Å²) in [6.07, 6.45) is -0.924. The first-order chi connectivity index (χ1) is 10.0. The van der Waals surface area contributed by atoms with Crippen LogP contribution in [-0.4, -0.2) is 26.0 Å². The van der Waals surface area contributed by atoms with Gasteiger partial charge in [-0.05, 0) is 19.9 Å². The van der Waals surface area contributed by atoms with Crippen molar-refractivity contribution in [2.45, 2.75) is 46.5 Å². The molecule has 116 valence electrons. The fraction of sp³-hybridized carbons (Fsp3) is 0.538. The van der Waals surface area contributed by atoms with Crippen molar-refractivity contribution in [2.75, 3.05) is 0 Å². The third-order valence-corrected chi connectivity index (χ3v) is 3.11. The minimum atomic E-state index is -2.43. The van der Waals surface area contributed by atoms with Crippen LogP contribution in [0.3, 0.4) is 0 Å². The van der Waals surface area contributed by atoms with Crippen LogP contribution >= 0.6 is 0 Å². The van der Waals surface area contributed by atoms with Crippen molar-refractivity contribution in [3.05, 3.63) is 35.2 Å². The number of hydrogen-bond donors (Lipinski definition) is 1. The van der Waals surface area contributed by atoms with Crippen LogP contribution < -0.4 is 5.32 Å². The molecule has 21 heavy (non-hydrogen) atoms. The van der Waals surface area contributed by atoms with Gasteiger partial charge in [-0.2, -0.15) is 14.6 Å². The summed E-state index contributed by atoms with van der Waals surface area (Å²) in [6.45, 7) is 4.33. The molecular weight excluding hydrogens is 283 g/mol. The molecule has 0 unspecified atom stereocenters. The monoisotopic (exact) mass is 301 g/mol. The highest BCUT2D eigenvalue weighted by Crippen LogP contribution is 2.12. The second-order valence-corrected chi connectivity index (χ2v) is 4.69. The fourth-order valence-corrected chi connectivity index (χ4v) is 2.06. The normalized spacial score (nSPS) is 11.5. The van der Waals surface area contributed by atoms with E-state index in [2.05, 4.69) is 15.5 Å². The largest absolute Gasteiger partial charge is 0.307 e. The number of nitrogens with zero attached hydrogens (tertiary/aromatic N) is 4. The minimum Gasteiger partial charge on any atom is -0.307 e. The summed E-state index contributed by atoms with van der Waals surface area (Å²) in [7, 11) is 0. The molecule has 0 fully saturated rings. The molecule has 1 N–H and O–H groups in total. The van der Waals surface area contributed by atoms with Crippen LogP contribution in [0.4, 0.5) is 13.2 Å². The Labute approximate surface area is 120 Å². The van der Waals surface area contributed by atoms with Gasteiger partial charge in [0, 0.05) is 31.4 Å². The van der Waals surface area contributed by atoms with Gasteiger partial charge in [-0.1, -0.05) is 0 Å². The minimum absolute atomic E-state index is 0.319. The number of alkyl halides is 2. The number of rotatable bonds is 7. The number of aromatic nitrogens is 4. The summed E-state index contributed by atoms with van der Waals surface area (Å²) < 4.78 is 40.8. The van der Waals surface area contributed by atoms with Crippen LogP contribution in [0, 0.1) is 12.9 Å². The third-order valence-electron chi connectivity index (χ3n) is 3.11. The molecule has 8 heteroatoms. The van der Waals surface area contributed by atoms with Crippen LogP contribution in [0.25, 0.3) is 0 Å². The van der Waals surface area contributed by atoms with Gasteiger partial charge in [0.2, 0.25) is 5.95 Å². The van der Waals surface area contributed by atoms with Crippen molar-refractivity contribution >= 4 is 0 Å². The molecule has 0 atom stereocenters. The maximum atomic E-state index is 13.9. The predicted molar refractivity (Wildman–Crippen MR) is 71.4 cm³/mol. The second kappa shape index (κ2) is 6.75. The molecule has 0 bridgehead atoms. The quantitative estimate of drug-likeness (QED) is 0.852. The molecule has 2 heterocycles. The standard InChI is InChI=1S/C13H18F3N5/c1-3-21-13(16)11(9(2)18-21)7-17-6-10-4-5-20(19-10)8-12(14)15/h4-5,12,17H,3,6-8H2,1-2H3. The summed E-state index contributed by atoms with van der Waals surface area (Å²) in [6, 6.07) is 1.66. The first-order valence-electron chi connectivity index (χ1n) is 6.74. The lowest BCUT2D eigenvalue weighted by molar-refractivity contribution is 0.121. The Balaban J connectivity index is 1.90. The Hall–Kier alpha value is -1.83. The molecule has 2 aromatic rings. The van der Waals surface area contributed by atoms with Crippen LogP contribution in [-0.2, 0) is 26.2 Å². The van der Waals surface area contributed by atoms with E-state index in [0.29, 0.717) is 36.6 Å². The molecule has 0 radical (unpaired) electrons. The Morgan fingerprint density at radius 3 is 2.67 bits per heavy atom. The van der Waals surface area contributed by atoms with E-state index in [9.17, 15) is 13.2 Å². The Morgan fingerprint density at radius 2 is 2.05 bits per heavy atom. The number of halogens is 3. The van der Waals surface area contributed by atoms with Crippen LogP contribution in [0.2, 0.25) is 0 Å². The Morgan fingerprint density at radius 1 is 1.29 bits per heavy atom. The highest BCUT2D eigenvalue weighted by atomic mass is 19.3. The molecule has 2 rings (SSSR count). The van der Waals surface area contributed by atoms with E-state index in [1.54, 1.807) is 13.0 Å². The zero-order chi connectivity index (χ0) is 15.4. The lowest BCUT2D eigenvalue weighted by Gasteiger charge is -2.03. The van der Waals surface area contributed by atoms with E-state index in [-0.39, 0.29) is 5.95 Å². The summed E-state index contributed by atoms with van der Waals surface area (Å²) in [5.41, 5.74) is 1.80. The number of hydrogen-bond acceptors (Lipinski definition) is 3. The zero-order valence-corrected chi connectivity index (χ0v) is 12.0. The molecule has 0 spiro atoms. The molecule has 0 saturated heterocycles. The average Bonchev–Trinajstić information content (AvgIpc) is 2.96. The van der Waals surface area contributed by atoms with E-state index in [1.165, 1.54) is 15.6 Å². The van der Waals surface area contributed by atoms with Crippen molar-refractivity contribution in [1.82, 2.24) is 24.9 Å². The van der Waals surface area contributed by atoms with Crippen molar-refractivity contribution in [3.63, 3.8) is 0 Å². The molecule has 0 aliphatic rings. The van der Waals surface area contributed by atoms with Crippen LogP contribution in [0.15, 0.2) is 12.3 Å². The molecule has 2 aromatic heterocycles. The maximum Gasteiger partial charge on any atom is 0.257 e. The smallest absolute Gasteiger partial charge is 0.257 e. The van der Waals surface area contributed by atoms with Gasteiger partial charge in [-0.25, -0.2) is 13.5 Å². The van der Waals surface area contributed by atoms with Crippen molar-refractivity contribution in [3.8, 4) is 0 Å². The first kappa shape index (κ1) is 15.6. The lowest BCUT2D eigenvalue weighted by Crippen LogP contribution is -2.15. The van der Waals surface area contributed by atoms with Crippen molar-refractivity contribution in [1.29, 1.82) is 0 Å². The van der Waals surface area contributed by atoms with Gasteiger partial charge in [-0.3, -0.25) is 4.68 Å².